The number of amides is 2. The molecule has 0 fully saturated rings. The van der Waals surface area contributed by atoms with Crippen molar-refractivity contribution in [2.24, 2.45) is 0 Å². The van der Waals surface area contributed by atoms with Crippen molar-refractivity contribution in [3.63, 3.8) is 0 Å². The molecular formula is C11H16BrN3O3S. The number of ether oxygens (including phenoxy) is 1. The van der Waals surface area contributed by atoms with Crippen molar-refractivity contribution in [3.05, 3.63) is 9.98 Å². The first-order valence-corrected chi connectivity index (χ1v) is 7.25. The first-order chi connectivity index (χ1) is 8.76. The number of alkyl carbamates (subject to hydrolysis) is 1. The number of hydrogen-bond donors (Lipinski definition) is 2. The topological polar surface area (TPSA) is 80.3 Å². The van der Waals surface area contributed by atoms with Gasteiger partial charge in [-0.15, -0.1) is 0 Å². The van der Waals surface area contributed by atoms with Gasteiger partial charge in [-0.1, -0.05) is 11.3 Å². The van der Waals surface area contributed by atoms with Gasteiger partial charge in [0.2, 0.25) is 5.91 Å². The van der Waals surface area contributed by atoms with Crippen molar-refractivity contribution in [2.75, 3.05) is 11.9 Å². The van der Waals surface area contributed by atoms with Gasteiger partial charge in [0.15, 0.2) is 5.13 Å². The van der Waals surface area contributed by atoms with Gasteiger partial charge in [0, 0.05) is 13.0 Å². The van der Waals surface area contributed by atoms with Crippen molar-refractivity contribution in [3.8, 4) is 0 Å². The summed E-state index contributed by atoms with van der Waals surface area (Å²) in [6, 6.07) is 0. The molecule has 8 heteroatoms. The number of thiazole rings is 1. The van der Waals surface area contributed by atoms with E-state index in [4.69, 9.17) is 4.74 Å². The van der Waals surface area contributed by atoms with Crippen LogP contribution in [0.2, 0.25) is 0 Å². The molecule has 19 heavy (non-hydrogen) atoms. The molecule has 2 amide bonds. The summed E-state index contributed by atoms with van der Waals surface area (Å²) in [5.74, 6) is -0.210. The lowest BCUT2D eigenvalue weighted by Crippen LogP contribution is -2.34. The SMILES string of the molecule is CC(C)(C)OC(=O)NCCC(=O)Nc1ncc(Br)s1. The minimum absolute atomic E-state index is 0.163. The third kappa shape index (κ3) is 7.12. The summed E-state index contributed by atoms with van der Waals surface area (Å²) in [6.07, 6.45) is 1.24. The van der Waals surface area contributed by atoms with E-state index in [-0.39, 0.29) is 18.9 Å². The third-order valence-corrected chi connectivity index (χ3v) is 3.14. The number of hydrogen-bond acceptors (Lipinski definition) is 5. The Morgan fingerprint density at radius 2 is 2.16 bits per heavy atom. The zero-order chi connectivity index (χ0) is 14.5. The molecule has 0 atom stereocenters. The van der Waals surface area contributed by atoms with Gasteiger partial charge in [-0.3, -0.25) is 4.79 Å². The van der Waals surface area contributed by atoms with Crippen LogP contribution < -0.4 is 10.6 Å². The van der Waals surface area contributed by atoms with E-state index < -0.39 is 11.7 Å². The molecule has 2 N–H and O–H groups in total. The second-order valence-electron chi connectivity index (χ2n) is 4.70. The molecular weight excluding hydrogens is 334 g/mol. The molecule has 0 unspecified atom stereocenters. The second kappa shape index (κ2) is 6.85. The number of aromatic nitrogens is 1. The van der Waals surface area contributed by atoms with E-state index >= 15 is 0 Å². The maximum atomic E-state index is 11.5. The summed E-state index contributed by atoms with van der Waals surface area (Å²) in [5, 5.41) is 5.67. The van der Waals surface area contributed by atoms with Crippen LogP contribution in [0.4, 0.5) is 9.93 Å². The Bertz CT molecular complexity index is 456. The molecule has 0 saturated heterocycles. The average Bonchev–Trinajstić information content (AvgIpc) is 2.61. The van der Waals surface area contributed by atoms with Gasteiger partial charge in [0.05, 0.1) is 9.98 Å². The van der Waals surface area contributed by atoms with Gasteiger partial charge >= 0.3 is 6.09 Å². The van der Waals surface area contributed by atoms with Gasteiger partial charge in [-0.05, 0) is 36.7 Å². The highest BCUT2D eigenvalue weighted by molar-refractivity contribution is 9.11. The molecule has 1 aromatic rings. The quantitative estimate of drug-likeness (QED) is 0.875. The highest BCUT2D eigenvalue weighted by Crippen LogP contribution is 2.22. The minimum atomic E-state index is -0.542. The molecule has 0 aliphatic carbocycles. The van der Waals surface area contributed by atoms with Crippen LogP contribution in [0, 0.1) is 0 Å². The molecule has 106 valence electrons. The van der Waals surface area contributed by atoms with Crippen LogP contribution in [0.5, 0.6) is 0 Å². The smallest absolute Gasteiger partial charge is 0.407 e. The number of carbonyl (C=O) groups excluding carboxylic acids is 2. The molecule has 0 aliphatic rings. The molecule has 0 aromatic carbocycles. The number of halogens is 1. The van der Waals surface area contributed by atoms with E-state index in [1.807, 2.05) is 0 Å². The van der Waals surface area contributed by atoms with Gasteiger partial charge in [0.1, 0.15) is 5.60 Å². The van der Waals surface area contributed by atoms with Gasteiger partial charge in [0.25, 0.3) is 0 Å². The van der Waals surface area contributed by atoms with E-state index in [2.05, 4.69) is 31.5 Å². The standard InChI is InChI=1S/C11H16BrN3O3S/c1-11(2,3)18-10(17)13-5-4-8(16)15-9-14-6-7(12)19-9/h6H,4-5H2,1-3H3,(H,13,17)(H,14,15,16). The van der Waals surface area contributed by atoms with Crippen LogP contribution in [-0.4, -0.2) is 29.1 Å². The Kier molecular flexibility index (Phi) is 5.74. The number of carbonyl (C=O) groups is 2. The average molecular weight is 350 g/mol. The maximum absolute atomic E-state index is 11.5. The molecule has 0 spiro atoms. The van der Waals surface area contributed by atoms with Crippen molar-refractivity contribution in [2.45, 2.75) is 32.8 Å². The molecule has 0 aliphatic heterocycles. The van der Waals surface area contributed by atoms with Crippen LogP contribution >= 0.6 is 27.3 Å². The van der Waals surface area contributed by atoms with Crippen molar-refractivity contribution in [1.29, 1.82) is 0 Å². The Morgan fingerprint density at radius 1 is 1.47 bits per heavy atom. The van der Waals surface area contributed by atoms with Gasteiger partial charge in [-0.2, -0.15) is 0 Å². The molecule has 6 nitrogen and oxygen atoms in total. The van der Waals surface area contributed by atoms with E-state index in [9.17, 15) is 9.59 Å². The van der Waals surface area contributed by atoms with Crippen LogP contribution in [0.1, 0.15) is 27.2 Å². The Labute approximate surface area is 124 Å². The largest absolute Gasteiger partial charge is 0.444 e. The predicted octanol–water partition coefficient (Wildman–Crippen LogP) is 2.76. The zero-order valence-electron chi connectivity index (χ0n) is 10.9. The number of nitrogens with one attached hydrogen (secondary N) is 2. The highest BCUT2D eigenvalue weighted by atomic mass is 79.9. The summed E-state index contributed by atoms with van der Waals surface area (Å²) in [4.78, 5) is 26.8. The molecule has 1 rings (SSSR count). The normalized spacial score (nSPS) is 10.9. The summed E-state index contributed by atoms with van der Waals surface area (Å²) in [5.41, 5.74) is -0.542. The Morgan fingerprint density at radius 3 is 2.68 bits per heavy atom. The van der Waals surface area contributed by atoms with E-state index in [0.717, 1.165) is 3.79 Å². The first-order valence-electron chi connectivity index (χ1n) is 5.64. The lowest BCUT2D eigenvalue weighted by atomic mass is 10.2. The van der Waals surface area contributed by atoms with Crippen LogP contribution in [0.25, 0.3) is 0 Å². The van der Waals surface area contributed by atoms with Crippen LogP contribution in [0.15, 0.2) is 9.98 Å². The van der Waals surface area contributed by atoms with E-state index in [1.165, 1.54) is 11.3 Å². The number of anilines is 1. The second-order valence-corrected chi connectivity index (χ2v) is 7.11. The maximum Gasteiger partial charge on any atom is 0.407 e. The number of rotatable bonds is 4. The van der Waals surface area contributed by atoms with Gasteiger partial charge < -0.3 is 15.4 Å². The third-order valence-electron chi connectivity index (χ3n) is 1.74. The molecule has 0 saturated carbocycles. The molecule has 0 radical (unpaired) electrons. The van der Waals surface area contributed by atoms with Crippen LogP contribution in [-0.2, 0) is 9.53 Å². The van der Waals surface area contributed by atoms with Crippen LogP contribution in [0.3, 0.4) is 0 Å². The first kappa shape index (κ1) is 15.9. The number of nitrogens with zero attached hydrogens (tertiary/aromatic N) is 1. The van der Waals surface area contributed by atoms with Crippen molar-refractivity contribution < 1.29 is 14.3 Å². The van der Waals surface area contributed by atoms with E-state index in [1.54, 1.807) is 27.0 Å². The van der Waals surface area contributed by atoms with Crippen molar-refractivity contribution in [1.82, 2.24) is 10.3 Å². The lowest BCUT2D eigenvalue weighted by Gasteiger charge is -2.19. The monoisotopic (exact) mass is 349 g/mol. The minimum Gasteiger partial charge on any atom is -0.444 e. The summed E-state index contributed by atoms with van der Waals surface area (Å²) in [7, 11) is 0. The molecule has 1 heterocycles. The summed E-state index contributed by atoms with van der Waals surface area (Å²) in [6.45, 7) is 5.55. The summed E-state index contributed by atoms with van der Waals surface area (Å²) >= 11 is 4.58. The fraction of sp³-hybridized carbons (Fsp3) is 0.545. The Balaban J connectivity index is 2.22. The zero-order valence-corrected chi connectivity index (χ0v) is 13.4. The lowest BCUT2D eigenvalue weighted by molar-refractivity contribution is -0.116. The fourth-order valence-corrected chi connectivity index (χ4v) is 2.21. The molecule has 1 aromatic heterocycles. The molecule has 0 bridgehead atoms. The highest BCUT2D eigenvalue weighted by Gasteiger charge is 2.15. The Hall–Kier alpha value is -1.15. The van der Waals surface area contributed by atoms with Gasteiger partial charge in [-0.25, -0.2) is 9.78 Å². The summed E-state index contributed by atoms with van der Waals surface area (Å²) < 4.78 is 5.89. The fourth-order valence-electron chi connectivity index (χ4n) is 1.09. The van der Waals surface area contributed by atoms with Crippen molar-refractivity contribution >= 4 is 44.4 Å². The predicted molar refractivity (Wildman–Crippen MR) is 77.3 cm³/mol. The van der Waals surface area contributed by atoms with E-state index in [0.29, 0.717) is 5.13 Å².